The van der Waals surface area contributed by atoms with Crippen LogP contribution in [0.5, 0.6) is 0 Å². The highest BCUT2D eigenvalue weighted by Gasteiger charge is 2.38. The third-order valence-corrected chi connectivity index (χ3v) is 6.20. The van der Waals surface area contributed by atoms with Crippen LogP contribution >= 0.6 is 0 Å². The molecule has 2 aromatic rings. The molecule has 0 unspecified atom stereocenters. The molecular weight excluding hydrogens is 359 g/mol. The Morgan fingerprint density at radius 1 is 1.07 bits per heavy atom. The van der Waals surface area contributed by atoms with Gasteiger partial charge in [0.15, 0.2) is 0 Å². The lowest BCUT2D eigenvalue weighted by Crippen LogP contribution is -2.45. The van der Waals surface area contributed by atoms with Crippen LogP contribution in [0.4, 0.5) is 4.39 Å². The van der Waals surface area contributed by atoms with Crippen LogP contribution in [-0.2, 0) is 11.3 Å². The fourth-order valence-electron chi connectivity index (χ4n) is 4.48. The van der Waals surface area contributed by atoms with Crippen LogP contribution in [0, 0.1) is 17.7 Å². The van der Waals surface area contributed by atoms with Crippen LogP contribution in [0.3, 0.4) is 0 Å². The van der Waals surface area contributed by atoms with Crippen LogP contribution in [0.2, 0.25) is 0 Å². The van der Waals surface area contributed by atoms with Crippen molar-refractivity contribution in [3.05, 3.63) is 30.1 Å². The third-order valence-electron chi connectivity index (χ3n) is 6.20. The molecule has 1 aromatic heterocycles. The summed E-state index contributed by atoms with van der Waals surface area (Å²) in [5.74, 6) is 1.60. The van der Waals surface area contributed by atoms with Crippen molar-refractivity contribution in [2.45, 2.75) is 38.3 Å². The first-order chi connectivity index (χ1) is 13.6. The maximum Gasteiger partial charge on any atom is 0.246 e. The molecule has 6 rings (SSSR count). The van der Waals surface area contributed by atoms with Gasteiger partial charge in [-0.25, -0.2) is 4.39 Å². The van der Waals surface area contributed by atoms with Crippen molar-refractivity contribution in [1.29, 1.82) is 0 Å². The van der Waals surface area contributed by atoms with Crippen molar-refractivity contribution in [2.24, 2.45) is 11.8 Å². The summed E-state index contributed by atoms with van der Waals surface area (Å²) in [7, 11) is 0. The molecule has 28 heavy (non-hydrogen) atoms. The molecule has 2 atom stereocenters. The zero-order valence-electron chi connectivity index (χ0n) is 15.9. The topological polar surface area (TPSA) is 67.2 Å². The molecule has 0 spiro atoms. The summed E-state index contributed by atoms with van der Waals surface area (Å²) in [6.45, 7) is 4.06. The van der Waals surface area contributed by atoms with Gasteiger partial charge in [0, 0.05) is 37.8 Å². The molecule has 4 fully saturated rings. The molecule has 7 nitrogen and oxygen atoms in total. The van der Waals surface area contributed by atoms with E-state index in [-0.39, 0.29) is 18.3 Å². The number of hydrogen-bond acceptors (Lipinski definition) is 5. The van der Waals surface area contributed by atoms with Crippen LogP contribution < -0.4 is 0 Å². The molecule has 0 radical (unpaired) electrons. The van der Waals surface area contributed by atoms with E-state index in [9.17, 15) is 9.18 Å². The Morgan fingerprint density at radius 2 is 1.89 bits per heavy atom. The SMILES string of the molecule is O=C(Cn1nnc(-c2ccc(F)cc2)n1)N1C[C@H]2CC[C@@H](C1)N(CC1CC1)C2. The Labute approximate surface area is 163 Å². The van der Waals surface area contributed by atoms with E-state index < -0.39 is 0 Å². The molecule has 4 heterocycles. The molecule has 0 N–H and O–H groups in total. The summed E-state index contributed by atoms with van der Waals surface area (Å²) in [5.41, 5.74) is 0.684. The predicted octanol–water partition coefficient (Wildman–Crippen LogP) is 1.81. The summed E-state index contributed by atoms with van der Waals surface area (Å²) in [6, 6.07) is 6.43. The van der Waals surface area contributed by atoms with E-state index in [2.05, 4.69) is 20.3 Å². The second-order valence-corrected chi connectivity index (χ2v) is 8.44. The van der Waals surface area contributed by atoms with E-state index in [0.717, 1.165) is 25.6 Å². The summed E-state index contributed by atoms with van der Waals surface area (Å²) in [4.78, 5) is 18.9. The fraction of sp³-hybridized carbons (Fsp3) is 0.600. The lowest BCUT2D eigenvalue weighted by Gasteiger charge is -2.36. The number of benzene rings is 1. The van der Waals surface area contributed by atoms with E-state index in [1.165, 1.54) is 49.2 Å². The average molecular weight is 384 g/mol. The Kier molecular flexibility index (Phi) is 4.58. The zero-order chi connectivity index (χ0) is 19.1. The molecule has 8 heteroatoms. The highest BCUT2D eigenvalue weighted by molar-refractivity contribution is 5.76. The summed E-state index contributed by atoms with van der Waals surface area (Å²) >= 11 is 0. The molecular formula is C20H25FN6O. The van der Waals surface area contributed by atoms with Crippen LogP contribution in [0.25, 0.3) is 11.4 Å². The largest absolute Gasteiger partial charge is 0.339 e. The second-order valence-electron chi connectivity index (χ2n) is 8.44. The van der Waals surface area contributed by atoms with Gasteiger partial charge in [0.25, 0.3) is 0 Å². The number of nitrogens with zero attached hydrogens (tertiary/aromatic N) is 6. The van der Waals surface area contributed by atoms with E-state index in [1.807, 2.05) is 4.90 Å². The standard InChI is InChI=1S/C20H25FN6O/c21-17-6-4-16(5-7-17)20-22-24-27(23-20)13-19(28)26-11-15-3-8-18(12-26)25(10-15)9-14-1-2-14/h4-7,14-15,18H,1-3,8-13H2/t15-,18-/m0/s1. The fourth-order valence-corrected chi connectivity index (χ4v) is 4.48. The van der Waals surface area contributed by atoms with E-state index >= 15 is 0 Å². The number of rotatable bonds is 5. The predicted molar refractivity (Wildman–Crippen MR) is 101 cm³/mol. The molecule has 1 saturated carbocycles. The lowest BCUT2D eigenvalue weighted by atomic mass is 9.95. The van der Waals surface area contributed by atoms with E-state index in [1.54, 1.807) is 12.1 Å². The van der Waals surface area contributed by atoms with Gasteiger partial charge in [-0.2, -0.15) is 4.80 Å². The number of tetrazole rings is 1. The first-order valence-electron chi connectivity index (χ1n) is 10.2. The van der Waals surface area contributed by atoms with Crippen LogP contribution in [0.15, 0.2) is 24.3 Å². The van der Waals surface area contributed by atoms with Gasteiger partial charge in [0.1, 0.15) is 12.4 Å². The van der Waals surface area contributed by atoms with Crippen molar-refractivity contribution in [3.63, 3.8) is 0 Å². The number of carbonyl (C=O) groups excluding carboxylic acids is 1. The highest BCUT2D eigenvalue weighted by atomic mass is 19.1. The number of carbonyl (C=O) groups is 1. The first-order valence-corrected chi connectivity index (χ1v) is 10.2. The molecule has 1 aliphatic carbocycles. The number of piperidine rings is 1. The van der Waals surface area contributed by atoms with Gasteiger partial charge in [-0.1, -0.05) is 0 Å². The van der Waals surface area contributed by atoms with E-state index in [4.69, 9.17) is 0 Å². The van der Waals surface area contributed by atoms with Crippen molar-refractivity contribution < 1.29 is 9.18 Å². The normalized spacial score (nSPS) is 25.1. The van der Waals surface area contributed by atoms with Crippen LogP contribution in [-0.4, -0.2) is 68.1 Å². The summed E-state index contributed by atoms with van der Waals surface area (Å²) in [6.07, 6.45) is 5.14. The molecule has 2 bridgehead atoms. The van der Waals surface area contributed by atoms with Gasteiger partial charge in [0.05, 0.1) is 0 Å². The summed E-state index contributed by atoms with van der Waals surface area (Å²) in [5, 5.41) is 12.3. The smallest absolute Gasteiger partial charge is 0.246 e. The third kappa shape index (κ3) is 3.78. The molecule has 3 saturated heterocycles. The van der Waals surface area contributed by atoms with Crippen LogP contribution in [0.1, 0.15) is 25.7 Å². The molecule has 3 aliphatic heterocycles. The molecule has 148 valence electrons. The monoisotopic (exact) mass is 384 g/mol. The van der Waals surface area contributed by atoms with Crippen molar-refractivity contribution in [3.8, 4) is 11.4 Å². The van der Waals surface area contributed by atoms with Crippen molar-refractivity contribution >= 4 is 5.91 Å². The van der Waals surface area contributed by atoms with Gasteiger partial charge < -0.3 is 4.90 Å². The Balaban J connectivity index is 1.24. The van der Waals surface area contributed by atoms with Gasteiger partial charge in [0.2, 0.25) is 11.7 Å². The van der Waals surface area contributed by atoms with E-state index in [0.29, 0.717) is 23.3 Å². The first kappa shape index (κ1) is 17.7. The van der Waals surface area contributed by atoms with Gasteiger partial charge in [-0.3, -0.25) is 9.69 Å². The average Bonchev–Trinajstić information content (AvgIpc) is 3.46. The highest BCUT2D eigenvalue weighted by Crippen LogP contribution is 2.34. The lowest BCUT2D eigenvalue weighted by molar-refractivity contribution is -0.132. The molecule has 1 amide bonds. The minimum Gasteiger partial charge on any atom is -0.339 e. The Hall–Kier alpha value is -2.35. The van der Waals surface area contributed by atoms with Crippen molar-refractivity contribution in [1.82, 2.24) is 30.0 Å². The van der Waals surface area contributed by atoms with Gasteiger partial charge in [-0.15, -0.1) is 10.2 Å². The van der Waals surface area contributed by atoms with Gasteiger partial charge in [-0.05, 0) is 67.0 Å². The maximum absolute atomic E-state index is 13.1. The number of hydrogen-bond donors (Lipinski definition) is 0. The minimum atomic E-state index is -0.308. The summed E-state index contributed by atoms with van der Waals surface area (Å²) < 4.78 is 13.1. The number of aromatic nitrogens is 4. The zero-order valence-corrected chi connectivity index (χ0v) is 15.9. The number of halogens is 1. The minimum absolute atomic E-state index is 0.0493. The maximum atomic E-state index is 13.1. The van der Waals surface area contributed by atoms with Crippen molar-refractivity contribution in [2.75, 3.05) is 26.2 Å². The molecule has 1 aromatic carbocycles. The molecule has 4 aliphatic rings. The number of amides is 1. The number of fused-ring (bicyclic) bond motifs is 4. The quantitative estimate of drug-likeness (QED) is 0.787. The Morgan fingerprint density at radius 3 is 2.68 bits per heavy atom. The second kappa shape index (κ2) is 7.24. The van der Waals surface area contributed by atoms with Gasteiger partial charge >= 0.3 is 0 Å². The Bertz CT molecular complexity index is 849.